The first kappa shape index (κ1) is 15.0. The SMILES string of the molecule is CCOc1cccc(CNc2ccc(I)cc2C)c1O. The van der Waals surface area contributed by atoms with Crippen LogP contribution in [0.4, 0.5) is 5.69 Å². The van der Waals surface area contributed by atoms with Crippen LogP contribution in [0.3, 0.4) is 0 Å². The highest BCUT2D eigenvalue weighted by Crippen LogP contribution is 2.30. The summed E-state index contributed by atoms with van der Waals surface area (Å²) in [6, 6.07) is 11.8. The molecule has 0 heterocycles. The predicted molar refractivity (Wildman–Crippen MR) is 90.5 cm³/mol. The number of anilines is 1. The average Bonchev–Trinajstić information content (AvgIpc) is 2.42. The lowest BCUT2D eigenvalue weighted by Crippen LogP contribution is -2.02. The third-order valence-electron chi connectivity index (χ3n) is 3.04. The summed E-state index contributed by atoms with van der Waals surface area (Å²) in [4.78, 5) is 0. The maximum Gasteiger partial charge on any atom is 0.162 e. The van der Waals surface area contributed by atoms with E-state index in [1.165, 1.54) is 9.13 Å². The Labute approximate surface area is 133 Å². The van der Waals surface area contributed by atoms with Gasteiger partial charge in [-0.25, -0.2) is 0 Å². The van der Waals surface area contributed by atoms with Gasteiger partial charge in [0.25, 0.3) is 0 Å². The first-order valence-corrected chi connectivity index (χ1v) is 7.63. The molecule has 3 nitrogen and oxygen atoms in total. The molecule has 0 aromatic heterocycles. The van der Waals surface area contributed by atoms with Crippen LogP contribution in [-0.2, 0) is 6.54 Å². The molecular weight excluding hydrogens is 365 g/mol. The predicted octanol–water partition coefficient (Wildman–Crippen LogP) is 4.32. The fraction of sp³-hybridized carbons (Fsp3) is 0.250. The van der Waals surface area contributed by atoms with E-state index in [1.54, 1.807) is 6.07 Å². The lowest BCUT2D eigenvalue weighted by atomic mass is 10.1. The molecule has 4 heteroatoms. The highest BCUT2D eigenvalue weighted by molar-refractivity contribution is 14.1. The Bertz CT molecular complexity index is 599. The quantitative estimate of drug-likeness (QED) is 0.756. The summed E-state index contributed by atoms with van der Waals surface area (Å²) < 4.78 is 6.60. The van der Waals surface area contributed by atoms with Crippen LogP contribution in [0.2, 0.25) is 0 Å². The van der Waals surface area contributed by atoms with Gasteiger partial charge in [0.2, 0.25) is 0 Å². The average molecular weight is 383 g/mol. The number of halogens is 1. The van der Waals surface area contributed by atoms with Crippen molar-refractivity contribution in [3.05, 3.63) is 51.1 Å². The number of benzene rings is 2. The van der Waals surface area contributed by atoms with Gasteiger partial charge in [0.15, 0.2) is 11.5 Å². The molecule has 2 aromatic rings. The maximum atomic E-state index is 10.1. The Morgan fingerprint density at radius 1 is 1.25 bits per heavy atom. The van der Waals surface area contributed by atoms with E-state index in [2.05, 4.69) is 53.0 Å². The number of phenolic OH excluding ortho intramolecular Hbond substituents is 1. The van der Waals surface area contributed by atoms with Gasteiger partial charge < -0.3 is 15.2 Å². The first-order valence-electron chi connectivity index (χ1n) is 6.55. The van der Waals surface area contributed by atoms with E-state index in [9.17, 15) is 5.11 Å². The number of nitrogens with one attached hydrogen (secondary N) is 1. The van der Waals surface area contributed by atoms with Crippen LogP contribution in [0.25, 0.3) is 0 Å². The van der Waals surface area contributed by atoms with Gasteiger partial charge in [-0.1, -0.05) is 12.1 Å². The smallest absolute Gasteiger partial charge is 0.162 e. The van der Waals surface area contributed by atoms with Crippen molar-refractivity contribution in [2.24, 2.45) is 0 Å². The zero-order valence-corrected chi connectivity index (χ0v) is 13.8. The molecule has 0 aliphatic rings. The van der Waals surface area contributed by atoms with E-state index < -0.39 is 0 Å². The lowest BCUT2D eigenvalue weighted by molar-refractivity contribution is 0.317. The zero-order chi connectivity index (χ0) is 14.5. The van der Waals surface area contributed by atoms with Crippen molar-refractivity contribution < 1.29 is 9.84 Å². The van der Waals surface area contributed by atoms with Crippen LogP contribution in [0.15, 0.2) is 36.4 Å². The van der Waals surface area contributed by atoms with E-state index in [0.717, 1.165) is 11.3 Å². The normalized spacial score (nSPS) is 10.3. The minimum atomic E-state index is 0.213. The maximum absolute atomic E-state index is 10.1. The molecule has 0 spiro atoms. The number of rotatable bonds is 5. The molecule has 0 bridgehead atoms. The highest BCUT2D eigenvalue weighted by atomic mass is 127. The van der Waals surface area contributed by atoms with Gasteiger partial charge in [-0.3, -0.25) is 0 Å². The van der Waals surface area contributed by atoms with Crippen molar-refractivity contribution in [2.75, 3.05) is 11.9 Å². The summed E-state index contributed by atoms with van der Waals surface area (Å²) in [5, 5.41) is 13.5. The van der Waals surface area contributed by atoms with Crippen molar-refractivity contribution in [1.29, 1.82) is 0 Å². The Morgan fingerprint density at radius 2 is 2.05 bits per heavy atom. The van der Waals surface area contributed by atoms with E-state index in [0.29, 0.717) is 18.9 Å². The number of hydrogen-bond donors (Lipinski definition) is 2. The molecule has 0 saturated heterocycles. The molecule has 0 saturated carbocycles. The molecule has 2 N–H and O–H groups in total. The van der Waals surface area contributed by atoms with E-state index >= 15 is 0 Å². The molecular formula is C16H18INO2. The van der Waals surface area contributed by atoms with Crippen LogP contribution in [0.5, 0.6) is 11.5 Å². The first-order chi connectivity index (χ1) is 9.61. The zero-order valence-electron chi connectivity index (χ0n) is 11.6. The molecule has 0 radical (unpaired) electrons. The second-order valence-electron chi connectivity index (χ2n) is 4.51. The van der Waals surface area contributed by atoms with Crippen molar-refractivity contribution in [2.45, 2.75) is 20.4 Å². The van der Waals surface area contributed by atoms with Gasteiger partial charge in [0.1, 0.15) is 0 Å². The van der Waals surface area contributed by atoms with Crippen LogP contribution in [0, 0.1) is 10.5 Å². The third-order valence-corrected chi connectivity index (χ3v) is 3.71. The summed E-state index contributed by atoms with van der Waals surface area (Å²) in [6.45, 7) is 5.08. The fourth-order valence-corrected chi connectivity index (χ4v) is 2.65. The van der Waals surface area contributed by atoms with Crippen molar-refractivity contribution in [3.8, 4) is 11.5 Å². The number of aromatic hydroxyl groups is 1. The molecule has 2 aromatic carbocycles. The van der Waals surface area contributed by atoms with Crippen LogP contribution < -0.4 is 10.1 Å². The standard InChI is InChI=1S/C16H18INO2/c1-3-20-15-6-4-5-12(16(15)19)10-18-14-8-7-13(17)9-11(14)2/h4-9,18-19H,3,10H2,1-2H3. The Balaban J connectivity index is 2.12. The second-order valence-corrected chi connectivity index (χ2v) is 5.76. The molecule has 0 atom stereocenters. The third kappa shape index (κ3) is 3.56. The molecule has 0 amide bonds. The summed E-state index contributed by atoms with van der Waals surface area (Å²) in [5.41, 5.74) is 3.10. The molecule has 106 valence electrons. The molecule has 0 unspecified atom stereocenters. The largest absolute Gasteiger partial charge is 0.504 e. The molecule has 0 aliphatic carbocycles. The van der Waals surface area contributed by atoms with Crippen LogP contribution >= 0.6 is 22.6 Å². The number of ether oxygens (including phenoxy) is 1. The Kier molecular flexibility index (Phi) is 5.11. The molecule has 0 fully saturated rings. The van der Waals surface area contributed by atoms with Crippen molar-refractivity contribution in [3.63, 3.8) is 0 Å². The summed E-state index contributed by atoms with van der Waals surface area (Å²) in [5.74, 6) is 0.746. The summed E-state index contributed by atoms with van der Waals surface area (Å²) in [7, 11) is 0. The number of para-hydroxylation sites is 1. The molecule has 20 heavy (non-hydrogen) atoms. The minimum absolute atomic E-state index is 0.213. The summed E-state index contributed by atoms with van der Waals surface area (Å²) >= 11 is 2.30. The van der Waals surface area contributed by atoms with Gasteiger partial charge in [-0.05, 0) is 66.3 Å². The molecule has 0 aliphatic heterocycles. The van der Waals surface area contributed by atoms with E-state index in [4.69, 9.17) is 4.74 Å². The topological polar surface area (TPSA) is 41.5 Å². The number of hydrogen-bond acceptors (Lipinski definition) is 3. The number of phenols is 1. The Morgan fingerprint density at radius 3 is 2.75 bits per heavy atom. The minimum Gasteiger partial charge on any atom is -0.504 e. The van der Waals surface area contributed by atoms with Gasteiger partial charge in [0, 0.05) is 21.4 Å². The van der Waals surface area contributed by atoms with Crippen LogP contribution in [0.1, 0.15) is 18.1 Å². The lowest BCUT2D eigenvalue weighted by Gasteiger charge is -2.13. The van der Waals surface area contributed by atoms with Crippen molar-refractivity contribution in [1.82, 2.24) is 0 Å². The van der Waals surface area contributed by atoms with Crippen molar-refractivity contribution >= 4 is 28.3 Å². The fourth-order valence-electron chi connectivity index (χ4n) is 2.00. The van der Waals surface area contributed by atoms with Crippen LogP contribution in [-0.4, -0.2) is 11.7 Å². The Hall–Kier alpha value is -1.43. The van der Waals surface area contributed by atoms with Gasteiger partial charge in [-0.15, -0.1) is 0 Å². The van der Waals surface area contributed by atoms with E-state index in [1.807, 2.05) is 19.1 Å². The van der Waals surface area contributed by atoms with Gasteiger partial charge >= 0.3 is 0 Å². The summed E-state index contributed by atoms with van der Waals surface area (Å²) in [6.07, 6.45) is 0. The van der Waals surface area contributed by atoms with Gasteiger partial charge in [-0.2, -0.15) is 0 Å². The highest BCUT2D eigenvalue weighted by Gasteiger charge is 2.08. The monoisotopic (exact) mass is 383 g/mol. The van der Waals surface area contributed by atoms with E-state index in [-0.39, 0.29) is 5.75 Å². The number of aryl methyl sites for hydroxylation is 1. The molecule has 2 rings (SSSR count). The van der Waals surface area contributed by atoms with Gasteiger partial charge in [0.05, 0.1) is 6.61 Å². The second kappa shape index (κ2) is 6.83.